The molecule has 2 N–H and O–H groups in total. The van der Waals surface area contributed by atoms with Crippen LogP contribution in [0.25, 0.3) is 0 Å². The van der Waals surface area contributed by atoms with Gasteiger partial charge >= 0.3 is 0 Å². The summed E-state index contributed by atoms with van der Waals surface area (Å²) >= 11 is 0. The SMILES string of the molecule is CCCC(N)C(CC)S(=O)c1cccc(C)c1. The van der Waals surface area contributed by atoms with Crippen LogP contribution < -0.4 is 5.73 Å². The monoisotopic (exact) mass is 253 g/mol. The zero-order chi connectivity index (χ0) is 12.8. The molecule has 0 spiro atoms. The summed E-state index contributed by atoms with van der Waals surface area (Å²) in [6, 6.07) is 7.95. The van der Waals surface area contributed by atoms with Crippen molar-refractivity contribution >= 4 is 10.8 Å². The molecule has 0 amide bonds. The van der Waals surface area contributed by atoms with Gasteiger partial charge in [0.1, 0.15) is 0 Å². The van der Waals surface area contributed by atoms with Gasteiger partial charge in [-0.05, 0) is 37.5 Å². The fourth-order valence-electron chi connectivity index (χ4n) is 2.05. The van der Waals surface area contributed by atoms with Gasteiger partial charge in [0.15, 0.2) is 0 Å². The molecule has 1 aromatic carbocycles. The molecule has 3 unspecified atom stereocenters. The van der Waals surface area contributed by atoms with Crippen molar-refractivity contribution in [2.45, 2.75) is 56.2 Å². The normalized spacial score (nSPS) is 16.5. The minimum absolute atomic E-state index is 0.0337. The topological polar surface area (TPSA) is 43.1 Å². The molecule has 0 fully saturated rings. The minimum atomic E-state index is -0.988. The van der Waals surface area contributed by atoms with E-state index in [1.807, 2.05) is 31.2 Å². The smallest absolute Gasteiger partial charge is 0.0576 e. The molecule has 0 aliphatic rings. The Labute approximate surface area is 107 Å². The van der Waals surface area contributed by atoms with Gasteiger partial charge in [-0.15, -0.1) is 0 Å². The van der Waals surface area contributed by atoms with Crippen molar-refractivity contribution in [2.75, 3.05) is 0 Å². The first-order valence-electron chi connectivity index (χ1n) is 6.33. The number of nitrogens with two attached hydrogens (primary N) is 1. The molecule has 0 aromatic heterocycles. The van der Waals surface area contributed by atoms with Crippen molar-refractivity contribution in [2.24, 2.45) is 5.73 Å². The molecule has 0 saturated heterocycles. The van der Waals surface area contributed by atoms with E-state index in [-0.39, 0.29) is 11.3 Å². The highest BCUT2D eigenvalue weighted by Gasteiger charge is 2.22. The van der Waals surface area contributed by atoms with E-state index >= 15 is 0 Å². The molecule has 2 nitrogen and oxygen atoms in total. The Morgan fingerprint density at radius 2 is 2.06 bits per heavy atom. The van der Waals surface area contributed by atoms with Crippen molar-refractivity contribution < 1.29 is 4.21 Å². The molecule has 0 bridgehead atoms. The van der Waals surface area contributed by atoms with Gasteiger partial charge in [-0.3, -0.25) is 4.21 Å². The molecule has 1 rings (SSSR count). The number of benzene rings is 1. The van der Waals surface area contributed by atoms with Crippen LogP contribution in [0.1, 0.15) is 38.7 Å². The zero-order valence-electron chi connectivity index (χ0n) is 11.0. The van der Waals surface area contributed by atoms with E-state index in [1.165, 1.54) is 0 Å². The highest BCUT2D eigenvalue weighted by atomic mass is 32.2. The van der Waals surface area contributed by atoms with E-state index < -0.39 is 10.8 Å². The maximum atomic E-state index is 12.5. The predicted octanol–water partition coefficient (Wildman–Crippen LogP) is 3.01. The Hall–Kier alpha value is -0.670. The average Bonchev–Trinajstić information content (AvgIpc) is 2.30. The predicted molar refractivity (Wildman–Crippen MR) is 74.5 cm³/mol. The van der Waals surface area contributed by atoms with Crippen molar-refractivity contribution in [3.63, 3.8) is 0 Å². The largest absolute Gasteiger partial charge is 0.327 e. The summed E-state index contributed by atoms with van der Waals surface area (Å²) in [4.78, 5) is 0.906. The molecule has 0 aliphatic heterocycles. The molecular weight excluding hydrogens is 230 g/mol. The van der Waals surface area contributed by atoms with Crippen LogP contribution in [0.5, 0.6) is 0 Å². The van der Waals surface area contributed by atoms with Crippen LogP contribution in [0.15, 0.2) is 29.2 Å². The van der Waals surface area contributed by atoms with Crippen molar-refractivity contribution in [1.29, 1.82) is 0 Å². The molecular formula is C14H23NOS. The molecule has 0 radical (unpaired) electrons. The Kier molecular flexibility index (Phi) is 5.86. The summed E-state index contributed by atoms with van der Waals surface area (Å²) in [6.45, 7) is 6.20. The van der Waals surface area contributed by atoms with Gasteiger partial charge in [-0.1, -0.05) is 32.4 Å². The lowest BCUT2D eigenvalue weighted by Crippen LogP contribution is -2.37. The van der Waals surface area contributed by atoms with Gasteiger partial charge in [-0.2, -0.15) is 0 Å². The minimum Gasteiger partial charge on any atom is -0.327 e. The maximum absolute atomic E-state index is 12.5. The van der Waals surface area contributed by atoms with E-state index in [1.54, 1.807) is 0 Å². The number of hydrogen-bond acceptors (Lipinski definition) is 2. The zero-order valence-corrected chi connectivity index (χ0v) is 11.8. The first kappa shape index (κ1) is 14.4. The molecule has 3 atom stereocenters. The first-order valence-corrected chi connectivity index (χ1v) is 7.54. The average molecular weight is 253 g/mol. The van der Waals surface area contributed by atoms with Crippen molar-refractivity contribution in [3.8, 4) is 0 Å². The van der Waals surface area contributed by atoms with Gasteiger partial charge in [-0.25, -0.2) is 0 Å². The summed E-state index contributed by atoms with van der Waals surface area (Å²) < 4.78 is 12.5. The number of rotatable bonds is 6. The van der Waals surface area contributed by atoms with Gasteiger partial charge < -0.3 is 5.73 Å². The fourth-order valence-corrected chi connectivity index (χ4v) is 3.67. The molecule has 0 heterocycles. The summed E-state index contributed by atoms with van der Waals surface area (Å²) in [7, 11) is -0.988. The van der Waals surface area contributed by atoms with Crippen LogP contribution in [0.3, 0.4) is 0 Å². The van der Waals surface area contributed by atoms with Crippen LogP contribution in [-0.2, 0) is 10.8 Å². The third kappa shape index (κ3) is 3.93. The molecule has 96 valence electrons. The summed E-state index contributed by atoms with van der Waals surface area (Å²) in [6.07, 6.45) is 2.85. The second-order valence-corrected chi connectivity index (χ2v) is 6.18. The van der Waals surface area contributed by atoms with Gasteiger partial charge in [0.05, 0.1) is 16.0 Å². The maximum Gasteiger partial charge on any atom is 0.0576 e. The molecule has 3 heteroatoms. The van der Waals surface area contributed by atoms with Gasteiger partial charge in [0.25, 0.3) is 0 Å². The lowest BCUT2D eigenvalue weighted by molar-refractivity contribution is 0.550. The highest BCUT2D eigenvalue weighted by Crippen LogP contribution is 2.19. The van der Waals surface area contributed by atoms with E-state index in [0.717, 1.165) is 29.7 Å². The van der Waals surface area contributed by atoms with Crippen LogP contribution in [0.4, 0.5) is 0 Å². The molecule has 0 saturated carbocycles. The van der Waals surface area contributed by atoms with Gasteiger partial charge in [0, 0.05) is 10.9 Å². The number of aryl methyl sites for hydroxylation is 1. The van der Waals surface area contributed by atoms with Crippen molar-refractivity contribution in [3.05, 3.63) is 29.8 Å². The van der Waals surface area contributed by atoms with Crippen LogP contribution in [0, 0.1) is 6.92 Å². The Morgan fingerprint density at radius 1 is 1.35 bits per heavy atom. The second-order valence-electron chi connectivity index (χ2n) is 4.51. The quantitative estimate of drug-likeness (QED) is 0.847. The van der Waals surface area contributed by atoms with E-state index in [0.29, 0.717) is 0 Å². The highest BCUT2D eigenvalue weighted by molar-refractivity contribution is 7.85. The lowest BCUT2D eigenvalue weighted by atomic mass is 10.1. The summed E-state index contributed by atoms with van der Waals surface area (Å²) in [5.74, 6) is 0. The third-order valence-electron chi connectivity index (χ3n) is 3.00. The van der Waals surface area contributed by atoms with E-state index in [2.05, 4.69) is 13.8 Å². The third-order valence-corrected chi connectivity index (χ3v) is 4.95. The molecule has 1 aromatic rings. The fraction of sp³-hybridized carbons (Fsp3) is 0.571. The number of hydrogen-bond donors (Lipinski definition) is 1. The van der Waals surface area contributed by atoms with Crippen LogP contribution in [-0.4, -0.2) is 15.5 Å². The summed E-state index contributed by atoms with van der Waals surface area (Å²) in [5.41, 5.74) is 7.27. The second kappa shape index (κ2) is 6.92. The Bertz CT molecular complexity index is 378. The standard InChI is InChI=1S/C14H23NOS/c1-4-7-13(15)14(5-2)17(16)12-9-6-8-11(3)10-12/h6,8-10,13-14H,4-5,7,15H2,1-3H3. The molecule has 17 heavy (non-hydrogen) atoms. The first-order chi connectivity index (χ1) is 8.10. The molecule has 0 aliphatic carbocycles. The Balaban J connectivity index is 2.86. The van der Waals surface area contributed by atoms with E-state index in [4.69, 9.17) is 5.73 Å². The summed E-state index contributed by atoms with van der Waals surface area (Å²) in [5, 5.41) is 0.0664. The van der Waals surface area contributed by atoms with E-state index in [9.17, 15) is 4.21 Å². The van der Waals surface area contributed by atoms with Crippen LogP contribution >= 0.6 is 0 Å². The van der Waals surface area contributed by atoms with Crippen LogP contribution in [0.2, 0.25) is 0 Å². The Morgan fingerprint density at radius 3 is 2.59 bits per heavy atom. The lowest BCUT2D eigenvalue weighted by Gasteiger charge is -2.21. The van der Waals surface area contributed by atoms with Gasteiger partial charge in [0.2, 0.25) is 0 Å². The van der Waals surface area contributed by atoms with Crippen molar-refractivity contribution in [1.82, 2.24) is 0 Å².